The van der Waals surface area contributed by atoms with E-state index in [2.05, 4.69) is 39.8 Å². The van der Waals surface area contributed by atoms with Crippen molar-refractivity contribution in [2.75, 3.05) is 33.7 Å². The zero-order valence-electron chi connectivity index (χ0n) is 11.4. The Hall–Kier alpha value is -0.490. The Morgan fingerprint density at radius 2 is 2.16 bits per heavy atom. The predicted octanol–water partition coefficient (Wildman–Crippen LogP) is 2.22. The summed E-state index contributed by atoms with van der Waals surface area (Å²) in [4.78, 5) is 4.62. The van der Waals surface area contributed by atoms with Crippen LogP contribution in [0, 0.1) is 5.82 Å². The van der Waals surface area contributed by atoms with Crippen LogP contribution in [-0.2, 0) is 0 Å². The molecule has 0 aromatic heterocycles. The molecule has 1 fully saturated rings. The highest BCUT2D eigenvalue weighted by molar-refractivity contribution is 9.10. The molecule has 1 saturated heterocycles. The molecule has 1 heterocycles. The van der Waals surface area contributed by atoms with Gasteiger partial charge in [0.2, 0.25) is 0 Å². The monoisotopic (exact) mass is 329 g/mol. The number of nitrogens with zero attached hydrogens (tertiary/aromatic N) is 2. The molecule has 0 aliphatic carbocycles. The molecule has 0 saturated carbocycles. The molecule has 19 heavy (non-hydrogen) atoms. The van der Waals surface area contributed by atoms with E-state index in [1.807, 2.05) is 6.07 Å². The van der Waals surface area contributed by atoms with E-state index in [-0.39, 0.29) is 11.9 Å². The maximum absolute atomic E-state index is 14.0. The molecule has 0 amide bonds. The van der Waals surface area contributed by atoms with E-state index in [0.717, 1.165) is 26.1 Å². The van der Waals surface area contributed by atoms with E-state index >= 15 is 0 Å². The maximum Gasteiger partial charge on any atom is 0.142 e. The molecule has 3 nitrogen and oxygen atoms in total. The first kappa shape index (κ1) is 14.9. The summed E-state index contributed by atoms with van der Waals surface area (Å²) < 4.78 is 14.5. The molecule has 1 aromatic carbocycles. The molecule has 1 aliphatic rings. The first-order valence-electron chi connectivity index (χ1n) is 6.57. The maximum atomic E-state index is 14.0. The third kappa shape index (κ3) is 3.54. The van der Waals surface area contributed by atoms with Crippen LogP contribution in [0.1, 0.15) is 18.0 Å². The van der Waals surface area contributed by atoms with Gasteiger partial charge in [0.05, 0.1) is 4.47 Å². The molecule has 0 spiro atoms. The Labute approximate surface area is 122 Å². The number of hydrogen-bond donors (Lipinski definition) is 1. The van der Waals surface area contributed by atoms with Crippen LogP contribution < -0.4 is 5.73 Å². The van der Waals surface area contributed by atoms with Gasteiger partial charge in [0.15, 0.2) is 0 Å². The summed E-state index contributed by atoms with van der Waals surface area (Å²) in [6, 6.07) is 5.42. The minimum Gasteiger partial charge on any atom is -0.324 e. The van der Waals surface area contributed by atoms with Crippen molar-refractivity contribution in [1.82, 2.24) is 9.80 Å². The Kier molecular flexibility index (Phi) is 4.95. The van der Waals surface area contributed by atoms with Crippen molar-refractivity contribution in [3.8, 4) is 0 Å². The zero-order valence-corrected chi connectivity index (χ0v) is 13.0. The molecule has 2 N–H and O–H groups in total. The molecule has 1 aromatic rings. The summed E-state index contributed by atoms with van der Waals surface area (Å²) in [5.41, 5.74) is 6.79. The van der Waals surface area contributed by atoms with Gasteiger partial charge in [0, 0.05) is 37.3 Å². The fraction of sp³-hybridized carbons (Fsp3) is 0.571. The number of likely N-dealkylation sites (N-methyl/N-ethyl adjacent to an activating group) is 2. The standard InChI is InChI=1S/C14H21BrFN3/c1-18-6-7-19(2)10(9-18)8-13(17)11-4-3-5-12(15)14(11)16/h3-5,10,13H,6-9,17H2,1-2H3. The molecule has 2 atom stereocenters. The lowest BCUT2D eigenvalue weighted by Gasteiger charge is -2.38. The van der Waals surface area contributed by atoms with Crippen LogP contribution in [0.4, 0.5) is 4.39 Å². The molecule has 2 unspecified atom stereocenters. The lowest BCUT2D eigenvalue weighted by atomic mass is 9.97. The van der Waals surface area contributed by atoms with Crippen molar-refractivity contribution in [2.45, 2.75) is 18.5 Å². The molecular formula is C14H21BrFN3. The minimum absolute atomic E-state index is 0.234. The predicted molar refractivity (Wildman–Crippen MR) is 79.6 cm³/mol. The highest BCUT2D eigenvalue weighted by Crippen LogP contribution is 2.26. The molecule has 5 heteroatoms. The van der Waals surface area contributed by atoms with Crippen LogP contribution in [0.2, 0.25) is 0 Å². The summed E-state index contributed by atoms with van der Waals surface area (Å²) in [6.07, 6.45) is 0.772. The van der Waals surface area contributed by atoms with E-state index in [1.54, 1.807) is 12.1 Å². The molecule has 2 rings (SSSR count). The molecule has 106 valence electrons. The van der Waals surface area contributed by atoms with Gasteiger partial charge in [-0.05, 0) is 42.5 Å². The Morgan fingerprint density at radius 1 is 1.42 bits per heavy atom. The van der Waals surface area contributed by atoms with Crippen molar-refractivity contribution < 1.29 is 4.39 Å². The van der Waals surface area contributed by atoms with Crippen LogP contribution in [0.5, 0.6) is 0 Å². The van der Waals surface area contributed by atoms with Gasteiger partial charge in [0.1, 0.15) is 5.82 Å². The largest absolute Gasteiger partial charge is 0.324 e. The summed E-state index contributed by atoms with van der Waals surface area (Å²) >= 11 is 3.21. The van der Waals surface area contributed by atoms with Crippen LogP contribution in [0.3, 0.4) is 0 Å². The molecule has 0 bridgehead atoms. The summed E-state index contributed by atoms with van der Waals surface area (Å²) in [7, 11) is 4.23. The van der Waals surface area contributed by atoms with Gasteiger partial charge in [-0.2, -0.15) is 0 Å². The average Bonchev–Trinajstić information content (AvgIpc) is 2.37. The zero-order chi connectivity index (χ0) is 14.0. The van der Waals surface area contributed by atoms with E-state index < -0.39 is 0 Å². The first-order valence-corrected chi connectivity index (χ1v) is 7.36. The highest BCUT2D eigenvalue weighted by atomic mass is 79.9. The summed E-state index contributed by atoms with van der Waals surface area (Å²) in [5.74, 6) is -0.234. The van der Waals surface area contributed by atoms with E-state index in [0.29, 0.717) is 16.1 Å². The number of hydrogen-bond acceptors (Lipinski definition) is 3. The molecule has 1 aliphatic heterocycles. The van der Waals surface area contributed by atoms with Crippen molar-refractivity contribution in [3.63, 3.8) is 0 Å². The third-order valence-electron chi connectivity index (χ3n) is 3.89. The van der Waals surface area contributed by atoms with Gasteiger partial charge < -0.3 is 15.5 Å². The van der Waals surface area contributed by atoms with Gasteiger partial charge in [-0.1, -0.05) is 12.1 Å². The second-order valence-electron chi connectivity index (χ2n) is 5.38. The Balaban J connectivity index is 2.07. The second-order valence-corrected chi connectivity index (χ2v) is 6.24. The van der Waals surface area contributed by atoms with Gasteiger partial charge >= 0.3 is 0 Å². The summed E-state index contributed by atoms with van der Waals surface area (Å²) in [5, 5.41) is 0. The Morgan fingerprint density at radius 3 is 2.89 bits per heavy atom. The van der Waals surface area contributed by atoms with Gasteiger partial charge in [0.25, 0.3) is 0 Å². The van der Waals surface area contributed by atoms with Crippen molar-refractivity contribution in [3.05, 3.63) is 34.1 Å². The second kappa shape index (κ2) is 6.31. The smallest absolute Gasteiger partial charge is 0.142 e. The highest BCUT2D eigenvalue weighted by Gasteiger charge is 2.25. The minimum atomic E-state index is -0.267. The number of rotatable bonds is 3. The van der Waals surface area contributed by atoms with Crippen molar-refractivity contribution in [2.24, 2.45) is 5.73 Å². The fourth-order valence-corrected chi connectivity index (χ4v) is 2.96. The van der Waals surface area contributed by atoms with Gasteiger partial charge in [-0.3, -0.25) is 0 Å². The Bertz CT molecular complexity index is 441. The van der Waals surface area contributed by atoms with Crippen molar-refractivity contribution >= 4 is 15.9 Å². The van der Waals surface area contributed by atoms with Gasteiger partial charge in [-0.25, -0.2) is 4.39 Å². The normalized spacial score (nSPS) is 23.5. The summed E-state index contributed by atoms with van der Waals surface area (Å²) in [6.45, 7) is 3.10. The van der Waals surface area contributed by atoms with Crippen LogP contribution in [0.15, 0.2) is 22.7 Å². The van der Waals surface area contributed by atoms with Gasteiger partial charge in [-0.15, -0.1) is 0 Å². The lowest BCUT2D eigenvalue weighted by molar-refractivity contribution is 0.104. The number of halogens is 2. The lowest BCUT2D eigenvalue weighted by Crippen LogP contribution is -2.50. The van der Waals surface area contributed by atoms with Crippen LogP contribution in [0.25, 0.3) is 0 Å². The first-order chi connectivity index (χ1) is 8.99. The number of nitrogens with two attached hydrogens (primary N) is 1. The van der Waals surface area contributed by atoms with E-state index in [4.69, 9.17) is 5.73 Å². The fourth-order valence-electron chi connectivity index (χ4n) is 2.58. The number of benzene rings is 1. The van der Waals surface area contributed by atoms with E-state index in [1.165, 1.54) is 0 Å². The van der Waals surface area contributed by atoms with Crippen LogP contribution in [-0.4, -0.2) is 49.6 Å². The van der Waals surface area contributed by atoms with Crippen LogP contribution >= 0.6 is 15.9 Å². The topological polar surface area (TPSA) is 32.5 Å². The molecule has 0 radical (unpaired) electrons. The SMILES string of the molecule is CN1CCN(C)C(CC(N)c2cccc(Br)c2F)C1. The van der Waals surface area contributed by atoms with E-state index in [9.17, 15) is 4.39 Å². The third-order valence-corrected chi connectivity index (χ3v) is 4.50. The average molecular weight is 330 g/mol. The van der Waals surface area contributed by atoms with Crippen molar-refractivity contribution in [1.29, 1.82) is 0 Å². The molecular weight excluding hydrogens is 309 g/mol. The quantitative estimate of drug-likeness (QED) is 0.922. The number of piperazine rings is 1.